The summed E-state index contributed by atoms with van der Waals surface area (Å²) in [6.07, 6.45) is 4.88. The number of aliphatic imine (C=N–C) groups is 2. The average Bonchev–Trinajstić information content (AvgIpc) is 3.67. The number of nitrogens with one attached hydrogen (secondary N) is 1. The van der Waals surface area contributed by atoms with E-state index in [-0.39, 0.29) is 24.1 Å². The van der Waals surface area contributed by atoms with Gasteiger partial charge in [0.15, 0.2) is 5.58 Å². The summed E-state index contributed by atoms with van der Waals surface area (Å²) >= 11 is 0. The van der Waals surface area contributed by atoms with E-state index in [1.807, 2.05) is 56.0 Å². The summed E-state index contributed by atoms with van der Waals surface area (Å²) in [5.74, 6) is 0.835. The zero-order valence-electron chi connectivity index (χ0n) is 29.5. The number of carbonyl (C=O) groups is 2. The number of amides is 2. The number of fused-ring (bicyclic) bond motifs is 1. The van der Waals surface area contributed by atoms with Gasteiger partial charge in [-0.1, -0.05) is 42.4 Å². The third-order valence-corrected chi connectivity index (χ3v) is 9.82. The zero-order chi connectivity index (χ0) is 36.3. The van der Waals surface area contributed by atoms with E-state index in [1.54, 1.807) is 36.2 Å². The molecule has 0 spiro atoms. The summed E-state index contributed by atoms with van der Waals surface area (Å²) in [5.41, 5.74) is 17.5. The lowest BCUT2D eigenvalue weighted by Gasteiger charge is -2.33. The average molecular weight is 689 g/mol. The first-order chi connectivity index (χ1) is 24.5. The molecular weight excluding hydrogens is 644 g/mol. The normalized spacial score (nSPS) is 18.3. The lowest BCUT2D eigenvalue weighted by molar-refractivity contribution is -0.133. The number of anilines is 2. The number of likely N-dealkylation sites (N-methyl/N-ethyl adjacent to an activating group) is 1. The summed E-state index contributed by atoms with van der Waals surface area (Å²) in [5, 5.41) is 13.7. The smallest absolute Gasteiger partial charge is 0.237 e. The molecule has 13 heteroatoms. The van der Waals surface area contributed by atoms with Gasteiger partial charge in [0.1, 0.15) is 23.7 Å². The Balaban J connectivity index is 1.08. The second kappa shape index (κ2) is 14.7. The SMILES string of the molecule is CCN(CC(=O)N1CC=C(c2ccc(C(N)=NC=NC)cc2)CC1)C[C@]1(C)CCN(c2ccc(N)c(C(=N)c3ccc4onc(C)c4c3)n2)C1=O. The number of hydrogen-bond acceptors (Lipinski definition) is 9. The molecule has 2 aliphatic heterocycles. The van der Waals surface area contributed by atoms with E-state index in [1.165, 1.54) is 11.9 Å². The van der Waals surface area contributed by atoms with Crippen molar-refractivity contribution >= 4 is 57.7 Å². The Kier molecular flexibility index (Phi) is 10.1. The van der Waals surface area contributed by atoms with E-state index in [4.69, 9.17) is 26.4 Å². The Bertz CT molecular complexity index is 2070. The molecule has 2 amide bonds. The molecule has 0 bridgehead atoms. The van der Waals surface area contributed by atoms with E-state index in [0.29, 0.717) is 73.3 Å². The van der Waals surface area contributed by atoms with Gasteiger partial charge in [0, 0.05) is 49.7 Å². The molecule has 0 aliphatic carbocycles. The Morgan fingerprint density at radius 3 is 2.61 bits per heavy atom. The number of hydrogen-bond donors (Lipinski definition) is 3. The molecule has 0 radical (unpaired) electrons. The van der Waals surface area contributed by atoms with Crippen molar-refractivity contribution in [2.75, 3.05) is 56.9 Å². The van der Waals surface area contributed by atoms with Crippen LogP contribution >= 0.6 is 0 Å². The topological polar surface area (TPSA) is 183 Å². The quantitative estimate of drug-likeness (QED) is 0.154. The number of pyridine rings is 1. The Morgan fingerprint density at radius 2 is 1.90 bits per heavy atom. The number of nitrogen functional groups attached to an aromatic ring is 1. The number of nitrogens with two attached hydrogens (primary N) is 2. The molecule has 1 fully saturated rings. The van der Waals surface area contributed by atoms with Crippen LogP contribution in [0.5, 0.6) is 0 Å². The number of aromatic nitrogens is 2. The Labute approximate surface area is 297 Å². The van der Waals surface area contributed by atoms with E-state index < -0.39 is 5.41 Å². The first-order valence-corrected chi connectivity index (χ1v) is 17.1. The molecule has 2 aliphatic rings. The minimum Gasteiger partial charge on any atom is -0.397 e. The minimum absolute atomic E-state index is 0.0397. The molecule has 6 rings (SSSR count). The summed E-state index contributed by atoms with van der Waals surface area (Å²) < 4.78 is 5.31. The molecule has 13 nitrogen and oxygen atoms in total. The van der Waals surface area contributed by atoms with Crippen LogP contribution in [0.15, 0.2) is 75.2 Å². The standard InChI is InChI=1S/C38H44N10O3/c1-5-46(21-33(49)47-17-14-26(15-18-47)25-6-8-27(9-7-25)36(41)43-23-42-4)22-38(3)16-19-48(37(38)50)32-13-11-30(39)35(44-32)34(40)28-10-12-31-29(20-28)24(2)45-51-31/h6-14,20,23,40H,5,15-19,21-22,39H2,1-4H3,(H2,41,42,43)/t38-/m0/s1. The van der Waals surface area contributed by atoms with Crippen LogP contribution < -0.4 is 16.4 Å². The van der Waals surface area contributed by atoms with Crippen molar-refractivity contribution in [3.05, 3.63) is 88.8 Å². The second-order valence-corrected chi connectivity index (χ2v) is 13.3. The summed E-state index contributed by atoms with van der Waals surface area (Å²) in [4.78, 5) is 45.7. The van der Waals surface area contributed by atoms with Crippen LogP contribution in [0.1, 0.15) is 54.8 Å². The van der Waals surface area contributed by atoms with Crippen LogP contribution in [-0.4, -0.2) is 96.0 Å². The van der Waals surface area contributed by atoms with Crippen LogP contribution in [0.25, 0.3) is 16.5 Å². The highest BCUT2D eigenvalue weighted by Gasteiger charge is 2.45. The highest BCUT2D eigenvalue weighted by molar-refractivity contribution is 6.14. The molecule has 264 valence electrons. The summed E-state index contributed by atoms with van der Waals surface area (Å²) in [7, 11) is 1.64. The third-order valence-electron chi connectivity index (χ3n) is 9.82. The number of rotatable bonds is 11. The van der Waals surface area contributed by atoms with Gasteiger partial charge in [-0.2, -0.15) is 0 Å². The van der Waals surface area contributed by atoms with E-state index in [2.05, 4.69) is 26.1 Å². The van der Waals surface area contributed by atoms with Crippen molar-refractivity contribution in [3.8, 4) is 0 Å². The molecule has 4 heterocycles. The molecule has 0 unspecified atom stereocenters. The van der Waals surface area contributed by atoms with Gasteiger partial charge < -0.3 is 20.9 Å². The molecule has 1 atom stereocenters. The summed E-state index contributed by atoms with van der Waals surface area (Å²) in [6.45, 7) is 8.74. The van der Waals surface area contributed by atoms with E-state index in [9.17, 15) is 9.59 Å². The molecular formula is C38H44N10O3. The Hall–Kier alpha value is -5.69. The van der Waals surface area contributed by atoms with Crippen molar-refractivity contribution in [3.63, 3.8) is 0 Å². The van der Waals surface area contributed by atoms with Gasteiger partial charge in [-0.25, -0.2) is 9.98 Å². The van der Waals surface area contributed by atoms with Gasteiger partial charge in [0.25, 0.3) is 0 Å². The van der Waals surface area contributed by atoms with Crippen LogP contribution in [0.4, 0.5) is 11.5 Å². The summed E-state index contributed by atoms with van der Waals surface area (Å²) in [6, 6.07) is 16.7. The zero-order valence-corrected chi connectivity index (χ0v) is 29.5. The molecule has 1 saturated heterocycles. The van der Waals surface area contributed by atoms with Crippen LogP contribution in [-0.2, 0) is 9.59 Å². The monoisotopic (exact) mass is 688 g/mol. The number of nitrogens with zero attached hydrogens (tertiary/aromatic N) is 7. The van der Waals surface area contributed by atoms with Crippen molar-refractivity contribution in [2.24, 2.45) is 21.1 Å². The first-order valence-electron chi connectivity index (χ1n) is 17.1. The molecule has 0 saturated carbocycles. The fraction of sp³-hybridized carbons (Fsp3) is 0.342. The second-order valence-electron chi connectivity index (χ2n) is 13.3. The van der Waals surface area contributed by atoms with Crippen LogP contribution in [0.3, 0.4) is 0 Å². The molecule has 2 aromatic heterocycles. The maximum atomic E-state index is 14.0. The Morgan fingerprint density at radius 1 is 1.14 bits per heavy atom. The van der Waals surface area contributed by atoms with E-state index >= 15 is 0 Å². The fourth-order valence-corrected chi connectivity index (χ4v) is 6.69. The molecule has 51 heavy (non-hydrogen) atoms. The largest absolute Gasteiger partial charge is 0.397 e. The van der Waals surface area contributed by atoms with Crippen molar-refractivity contribution < 1.29 is 14.1 Å². The van der Waals surface area contributed by atoms with Gasteiger partial charge in [0.05, 0.1) is 29.1 Å². The highest BCUT2D eigenvalue weighted by atomic mass is 16.5. The van der Waals surface area contributed by atoms with Crippen molar-refractivity contribution in [1.82, 2.24) is 19.9 Å². The van der Waals surface area contributed by atoms with Gasteiger partial charge in [-0.15, -0.1) is 0 Å². The highest BCUT2D eigenvalue weighted by Crippen LogP contribution is 2.36. The number of amidine groups is 1. The number of carbonyl (C=O) groups excluding carboxylic acids is 2. The lowest BCUT2D eigenvalue weighted by atomic mass is 9.88. The maximum absolute atomic E-state index is 14.0. The predicted molar refractivity (Wildman–Crippen MR) is 201 cm³/mol. The maximum Gasteiger partial charge on any atom is 0.237 e. The van der Waals surface area contributed by atoms with Crippen LogP contribution in [0.2, 0.25) is 0 Å². The fourth-order valence-electron chi connectivity index (χ4n) is 6.69. The number of aryl methyl sites for hydroxylation is 1. The molecule has 4 aromatic rings. The molecule has 5 N–H and O–H groups in total. The van der Waals surface area contributed by atoms with Crippen molar-refractivity contribution in [1.29, 1.82) is 5.41 Å². The molecule has 2 aromatic carbocycles. The first kappa shape index (κ1) is 35.1. The van der Waals surface area contributed by atoms with E-state index in [0.717, 1.165) is 28.6 Å². The van der Waals surface area contributed by atoms with Gasteiger partial charge >= 0.3 is 0 Å². The lowest BCUT2D eigenvalue weighted by Crippen LogP contribution is -2.47. The van der Waals surface area contributed by atoms with Gasteiger partial charge in [-0.3, -0.25) is 29.8 Å². The van der Waals surface area contributed by atoms with Crippen LogP contribution in [0, 0.1) is 17.7 Å². The number of benzene rings is 2. The predicted octanol–water partition coefficient (Wildman–Crippen LogP) is 4.27. The van der Waals surface area contributed by atoms with Gasteiger partial charge in [-0.05, 0) is 74.7 Å². The van der Waals surface area contributed by atoms with Crippen molar-refractivity contribution in [2.45, 2.75) is 33.6 Å². The minimum atomic E-state index is -0.706. The third kappa shape index (κ3) is 7.29. The van der Waals surface area contributed by atoms with Gasteiger partial charge in [0.2, 0.25) is 11.8 Å².